The third-order valence-corrected chi connectivity index (χ3v) is 2.29. The Labute approximate surface area is 89.4 Å². The fourth-order valence-electron chi connectivity index (χ4n) is 1.11. The molecule has 4 heteroatoms. The van der Waals surface area contributed by atoms with Crippen molar-refractivity contribution in [2.45, 2.75) is 13.0 Å². The Bertz CT molecular complexity index is 301. The molecule has 0 aliphatic carbocycles. The normalized spacial score (nSPS) is 12.6. The Morgan fingerprint density at radius 3 is 2.86 bits per heavy atom. The van der Waals surface area contributed by atoms with Gasteiger partial charge in [0, 0.05) is 29.8 Å². The van der Waals surface area contributed by atoms with Crippen molar-refractivity contribution in [3.05, 3.63) is 28.8 Å². The quantitative estimate of drug-likeness (QED) is 0.708. The SMILES string of the molecule is Cc1ccc(Cl)cc1NCC(N)CN. The van der Waals surface area contributed by atoms with Crippen LogP contribution in [0.1, 0.15) is 5.56 Å². The highest BCUT2D eigenvalue weighted by molar-refractivity contribution is 6.30. The van der Waals surface area contributed by atoms with E-state index in [2.05, 4.69) is 5.32 Å². The van der Waals surface area contributed by atoms with Crippen LogP contribution in [0, 0.1) is 6.92 Å². The number of halogens is 1. The molecule has 5 N–H and O–H groups in total. The largest absolute Gasteiger partial charge is 0.383 e. The molecule has 0 spiro atoms. The van der Waals surface area contributed by atoms with E-state index in [1.807, 2.05) is 25.1 Å². The zero-order valence-electron chi connectivity index (χ0n) is 8.26. The van der Waals surface area contributed by atoms with E-state index < -0.39 is 0 Å². The predicted molar refractivity (Wildman–Crippen MR) is 61.7 cm³/mol. The smallest absolute Gasteiger partial charge is 0.0426 e. The maximum atomic E-state index is 5.87. The number of rotatable bonds is 4. The molecule has 14 heavy (non-hydrogen) atoms. The monoisotopic (exact) mass is 213 g/mol. The lowest BCUT2D eigenvalue weighted by Gasteiger charge is -2.13. The van der Waals surface area contributed by atoms with Gasteiger partial charge in [-0.15, -0.1) is 0 Å². The van der Waals surface area contributed by atoms with Crippen molar-refractivity contribution >= 4 is 17.3 Å². The van der Waals surface area contributed by atoms with Gasteiger partial charge in [-0.3, -0.25) is 0 Å². The number of nitrogens with one attached hydrogen (secondary N) is 1. The lowest BCUT2D eigenvalue weighted by Crippen LogP contribution is -2.36. The second kappa shape index (κ2) is 5.20. The standard InChI is InChI=1S/C10H16ClN3/c1-7-2-3-8(11)4-10(7)14-6-9(13)5-12/h2-4,9,14H,5-6,12-13H2,1H3. The molecule has 0 aromatic heterocycles. The van der Waals surface area contributed by atoms with Gasteiger partial charge in [0.05, 0.1) is 0 Å². The van der Waals surface area contributed by atoms with Gasteiger partial charge >= 0.3 is 0 Å². The van der Waals surface area contributed by atoms with Crippen LogP contribution in [0.15, 0.2) is 18.2 Å². The summed E-state index contributed by atoms with van der Waals surface area (Å²) >= 11 is 5.87. The van der Waals surface area contributed by atoms with Gasteiger partial charge in [-0.2, -0.15) is 0 Å². The summed E-state index contributed by atoms with van der Waals surface area (Å²) in [6.45, 7) is 3.16. The molecular weight excluding hydrogens is 198 g/mol. The second-order valence-corrected chi connectivity index (χ2v) is 3.77. The minimum atomic E-state index is -0.0200. The van der Waals surface area contributed by atoms with Gasteiger partial charge in [0.2, 0.25) is 0 Å². The Morgan fingerprint density at radius 1 is 1.50 bits per heavy atom. The molecule has 1 aromatic carbocycles. The van der Waals surface area contributed by atoms with Gasteiger partial charge in [0.1, 0.15) is 0 Å². The molecule has 0 aliphatic heterocycles. The predicted octanol–water partition coefficient (Wildman–Crippen LogP) is 1.35. The van der Waals surface area contributed by atoms with Crippen molar-refractivity contribution < 1.29 is 0 Å². The Hall–Kier alpha value is -0.770. The summed E-state index contributed by atoms with van der Waals surface area (Å²) in [7, 11) is 0. The first-order valence-corrected chi connectivity index (χ1v) is 4.97. The molecule has 1 unspecified atom stereocenters. The molecule has 0 radical (unpaired) electrons. The Balaban J connectivity index is 2.62. The molecule has 0 aliphatic rings. The van der Waals surface area contributed by atoms with E-state index >= 15 is 0 Å². The topological polar surface area (TPSA) is 64.1 Å². The number of aryl methyl sites for hydroxylation is 1. The summed E-state index contributed by atoms with van der Waals surface area (Å²) in [6.07, 6.45) is 0. The summed E-state index contributed by atoms with van der Waals surface area (Å²) in [5.41, 5.74) is 13.3. The van der Waals surface area contributed by atoms with Crippen LogP contribution in [0.4, 0.5) is 5.69 Å². The molecule has 78 valence electrons. The van der Waals surface area contributed by atoms with E-state index in [-0.39, 0.29) is 6.04 Å². The first-order chi connectivity index (χ1) is 6.63. The molecule has 0 fully saturated rings. The van der Waals surface area contributed by atoms with Gasteiger partial charge in [-0.05, 0) is 24.6 Å². The fraction of sp³-hybridized carbons (Fsp3) is 0.400. The lowest BCUT2D eigenvalue weighted by molar-refractivity contribution is 0.713. The van der Waals surface area contributed by atoms with Gasteiger partial charge < -0.3 is 16.8 Å². The maximum absolute atomic E-state index is 5.87. The molecule has 1 rings (SSSR count). The second-order valence-electron chi connectivity index (χ2n) is 3.34. The van der Waals surface area contributed by atoms with E-state index in [4.69, 9.17) is 23.1 Å². The molecule has 0 heterocycles. The Morgan fingerprint density at radius 2 is 2.21 bits per heavy atom. The molecule has 0 amide bonds. The van der Waals surface area contributed by atoms with Crippen LogP contribution < -0.4 is 16.8 Å². The van der Waals surface area contributed by atoms with Crippen molar-refractivity contribution in [1.82, 2.24) is 0 Å². The Kier molecular flexibility index (Phi) is 4.20. The maximum Gasteiger partial charge on any atom is 0.0426 e. The average Bonchev–Trinajstić information content (AvgIpc) is 2.19. The zero-order valence-corrected chi connectivity index (χ0v) is 9.01. The number of anilines is 1. The van der Waals surface area contributed by atoms with Crippen LogP contribution in [0.2, 0.25) is 5.02 Å². The van der Waals surface area contributed by atoms with Crippen molar-refractivity contribution in [1.29, 1.82) is 0 Å². The van der Waals surface area contributed by atoms with E-state index in [1.165, 1.54) is 0 Å². The molecule has 1 atom stereocenters. The van der Waals surface area contributed by atoms with E-state index in [0.29, 0.717) is 13.1 Å². The van der Waals surface area contributed by atoms with Crippen LogP contribution >= 0.6 is 11.6 Å². The van der Waals surface area contributed by atoms with Crippen LogP contribution in [-0.4, -0.2) is 19.1 Å². The van der Waals surface area contributed by atoms with Gasteiger partial charge in [0.25, 0.3) is 0 Å². The third-order valence-electron chi connectivity index (χ3n) is 2.06. The molecule has 3 nitrogen and oxygen atoms in total. The highest BCUT2D eigenvalue weighted by atomic mass is 35.5. The zero-order chi connectivity index (χ0) is 10.6. The number of nitrogens with two attached hydrogens (primary N) is 2. The van der Waals surface area contributed by atoms with Crippen molar-refractivity contribution in [2.75, 3.05) is 18.4 Å². The third kappa shape index (κ3) is 3.18. The highest BCUT2D eigenvalue weighted by Crippen LogP contribution is 2.19. The van der Waals surface area contributed by atoms with E-state index in [9.17, 15) is 0 Å². The molecular formula is C10H16ClN3. The fourth-order valence-corrected chi connectivity index (χ4v) is 1.28. The minimum Gasteiger partial charge on any atom is -0.383 e. The molecule has 0 bridgehead atoms. The minimum absolute atomic E-state index is 0.0200. The highest BCUT2D eigenvalue weighted by Gasteiger charge is 2.01. The first-order valence-electron chi connectivity index (χ1n) is 4.59. The number of hydrogen-bond donors (Lipinski definition) is 3. The van der Waals surface area contributed by atoms with Crippen LogP contribution in [0.25, 0.3) is 0 Å². The van der Waals surface area contributed by atoms with E-state index in [0.717, 1.165) is 16.3 Å². The van der Waals surface area contributed by atoms with Gasteiger partial charge in [0.15, 0.2) is 0 Å². The van der Waals surface area contributed by atoms with Crippen LogP contribution in [-0.2, 0) is 0 Å². The lowest BCUT2D eigenvalue weighted by atomic mass is 10.2. The van der Waals surface area contributed by atoms with Crippen LogP contribution in [0.3, 0.4) is 0 Å². The first kappa shape index (κ1) is 11.3. The number of benzene rings is 1. The van der Waals surface area contributed by atoms with Crippen LogP contribution in [0.5, 0.6) is 0 Å². The summed E-state index contributed by atoms with van der Waals surface area (Å²) in [5, 5.41) is 3.94. The summed E-state index contributed by atoms with van der Waals surface area (Å²) in [5.74, 6) is 0. The summed E-state index contributed by atoms with van der Waals surface area (Å²) in [4.78, 5) is 0. The van der Waals surface area contributed by atoms with Crippen molar-refractivity contribution in [3.63, 3.8) is 0 Å². The molecule has 1 aromatic rings. The van der Waals surface area contributed by atoms with Gasteiger partial charge in [-0.1, -0.05) is 17.7 Å². The average molecular weight is 214 g/mol. The molecule has 0 saturated carbocycles. The van der Waals surface area contributed by atoms with Crippen molar-refractivity contribution in [2.24, 2.45) is 11.5 Å². The number of hydrogen-bond acceptors (Lipinski definition) is 3. The summed E-state index contributed by atoms with van der Waals surface area (Å²) < 4.78 is 0. The summed E-state index contributed by atoms with van der Waals surface area (Å²) in [6, 6.07) is 5.71. The van der Waals surface area contributed by atoms with Gasteiger partial charge in [-0.25, -0.2) is 0 Å². The van der Waals surface area contributed by atoms with E-state index in [1.54, 1.807) is 0 Å². The van der Waals surface area contributed by atoms with Crippen molar-refractivity contribution in [3.8, 4) is 0 Å². The molecule has 0 saturated heterocycles.